The Bertz CT molecular complexity index is 1750. The van der Waals surface area contributed by atoms with Crippen LogP contribution in [0.2, 0.25) is 0 Å². The maximum Gasteiger partial charge on any atom is 0.248 e. The number of amides is 1. The van der Waals surface area contributed by atoms with Crippen molar-refractivity contribution in [2.75, 3.05) is 5.32 Å². The van der Waals surface area contributed by atoms with E-state index in [4.69, 9.17) is 14.1 Å². The predicted octanol–water partition coefficient (Wildman–Crippen LogP) is 7.88. The van der Waals surface area contributed by atoms with E-state index in [0.717, 1.165) is 38.7 Å². The summed E-state index contributed by atoms with van der Waals surface area (Å²) in [5.41, 5.74) is 4.86. The summed E-state index contributed by atoms with van der Waals surface area (Å²) in [5.74, 6) is 0.987. The van der Waals surface area contributed by atoms with Crippen molar-refractivity contribution in [3.63, 3.8) is 0 Å². The Morgan fingerprint density at radius 1 is 0.816 bits per heavy atom. The SMILES string of the molecule is O=C(C=Cc1ccc(OCc2ccccc2)cc1)Nc1ccccc1-c1nc2c(ccc3ccccc32)o1. The third-order valence-electron chi connectivity index (χ3n) is 6.25. The number of nitrogens with zero attached hydrogens (tertiary/aromatic N) is 1. The zero-order valence-electron chi connectivity index (χ0n) is 20.5. The largest absolute Gasteiger partial charge is 0.489 e. The summed E-state index contributed by atoms with van der Waals surface area (Å²) in [7, 11) is 0. The van der Waals surface area contributed by atoms with Crippen LogP contribution < -0.4 is 10.1 Å². The van der Waals surface area contributed by atoms with Crippen molar-refractivity contribution in [3.05, 3.63) is 132 Å². The number of carbonyl (C=O) groups is 1. The van der Waals surface area contributed by atoms with Gasteiger partial charge in [0.2, 0.25) is 11.8 Å². The molecule has 0 saturated carbocycles. The van der Waals surface area contributed by atoms with E-state index in [9.17, 15) is 4.79 Å². The van der Waals surface area contributed by atoms with Crippen molar-refractivity contribution < 1.29 is 13.9 Å². The van der Waals surface area contributed by atoms with E-state index >= 15 is 0 Å². The summed E-state index contributed by atoms with van der Waals surface area (Å²) in [6.07, 6.45) is 3.28. The van der Waals surface area contributed by atoms with E-state index < -0.39 is 0 Å². The van der Waals surface area contributed by atoms with Crippen molar-refractivity contribution in [1.29, 1.82) is 0 Å². The molecule has 5 aromatic carbocycles. The van der Waals surface area contributed by atoms with Crippen LogP contribution >= 0.6 is 0 Å². The zero-order valence-corrected chi connectivity index (χ0v) is 20.5. The minimum absolute atomic E-state index is 0.247. The Morgan fingerprint density at radius 2 is 1.58 bits per heavy atom. The highest BCUT2D eigenvalue weighted by atomic mass is 16.5. The van der Waals surface area contributed by atoms with Gasteiger partial charge >= 0.3 is 0 Å². The van der Waals surface area contributed by atoms with Crippen molar-refractivity contribution in [1.82, 2.24) is 4.98 Å². The molecule has 6 aromatic rings. The Balaban J connectivity index is 1.15. The van der Waals surface area contributed by atoms with Crippen LogP contribution in [0.3, 0.4) is 0 Å². The van der Waals surface area contributed by atoms with Gasteiger partial charge in [0, 0.05) is 11.5 Å². The number of nitrogens with one attached hydrogen (secondary N) is 1. The minimum Gasteiger partial charge on any atom is -0.489 e. The summed E-state index contributed by atoms with van der Waals surface area (Å²) in [6.45, 7) is 0.508. The number of aromatic nitrogens is 1. The molecule has 0 saturated heterocycles. The minimum atomic E-state index is -0.247. The number of oxazole rings is 1. The summed E-state index contributed by atoms with van der Waals surface area (Å²) in [6, 6.07) is 37.2. The fraction of sp³-hybridized carbons (Fsp3) is 0.0303. The zero-order chi connectivity index (χ0) is 25.7. The second-order valence-electron chi connectivity index (χ2n) is 8.86. The van der Waals surface area contributed by atoms with Gasteiger partial charge in [-0.2, -0.15) is 0 Å². The monoisotopic (exact) mass is 496 g/mol. The van der Waals surface area contributed by atoms with E-state index in [1.165, 1.54) is 6.08 Å². The number of para-hydroxylation sites is 1. The smallest absolute Gasteiger partial charge is 0.248 e. The van der Waals surface area contributed by atoms with E-state index in [1.54, 1.807) is 6.08 Å². The van der Waals surface area contributed by atoms with Gasteiger partial charge in [0.05, 0.1) is 11.3 Å². The van der Waals surface area contributed by atoms with Gasteiger partial charge in [0.1, 0.15) is 17.9 Å². The van der Waals surface area contributed by atoms with Gasteiger partial charge in [0.25, 0.3) is 0 Å². The van der Waals surface area contributed by atoms with Crippen LogP contribution in [0, 0.1) is 0 Å². The van der Waals surface area contributed by atoms with Crippen LogP contribution in [-0.2, 0) is 11.4 Å². The molecule has 184 valence electrons. The number of rotatable bonds is 7. The second kappa shape index (κ2) is 10.4. The molecule has 1 heterocycles. The third kappa shape index (κ3) is 5.04. The summed E-state index contributed by atoms with van der Waals surface area (Å²) in [4.78, 5) is 17.5. The molecule has 0 aliphatic rings. The molecule has 6 rings (SSSR count). The lowest BCUT2D eigenvalue weighted by Crippen LogP contribution is -2.08. The molecule has 5 heteroatoms. The Labute approximate surface area is 220 Å². The number of hydrogen-bond acceptors (Lipinski definition) is 4. The first kappa shape index (κ1) is 23.3. The third-order valence-corrected chi connectivity index (χ3v) is 6.25. The van der Waals surface area contributed by atoms with Gasteiger partial charge < -0.3 is 14.5 Å². The molecule has 38 heavy (non-hydrogen) atoms. The Hall–Kier alpha value is -5.16. The molecule has 0 atom stereocenters. The summed E-state index contributed by atoms with van der Waals surface area (Å²) >= 11 is 0. The van der Waals surface area contributed by atoms with Crippen LogP contribution in [0.5, 0.6) is 5.75 Å². The van der Waals surface area contributed by atoms with Gasteiger partial charge in [-0.25, -0.2) is 4.98 Å². The quantitative estimate of drug-likeness (QED) is 0.228. The summed E-state index contributed by atoms with van der Waals surface area (Å²) in [5, 5.41) is 5.09. The topological polar surface area (TPSA) is 64.4 Å². The number of benzene rings is 5. The van der Waals surface area contributed by atoms with Crippen LogP contribution in [0.15, 0.2) is 126 Å². The highest BCUT2D eigenvalue weighted by molar-refractivity contribution is 6.06. The fourth-order valence-electron chi connectivity index (χ4n) is 4.32. The van der Waals surface area contributed by atoms with Gasteiger partial charge in [-0.05, 0) is 52.9 Å². The maximum atomic E-state index is 12.8. The molecule has 0 radical (unpaired) electrons. The lowest BCUT2D eigenvalue weighted by atomic mass is 10.1. The van der Waals surface area contributed by atoms with E-state index in [1.807, 2.05) is 109 Å². The molecule has 1 amide bonds. The molecular weight excluding hydrogens is 472 g/mol. The fourth-order valence-corrected chi connectivity index (χ4v) is 4.32. The number of anilines is 1. The van der Waals surface area contributed by atoms with Crippen molar-refractivity contribution in [2.24, 2.45) is 0 Å². The Morgan fingerprint density at radius 3 is 2.45 bits per heavy atom. The van der Waals surface area contributed by atoms with E-state index in [0.29, 0.717) is 23.8 Å². The van der Waals surface area contributed by atoms with Crippen molar-refractivity contribution >= 4 is 39.5 Å². The van der Waals surface area contributed by atoms with E-state index in [-0.39, 0.29) is 5.91 Å². The molecule has 0 spiro atoms. The Kier molecular flexibility index (Phi) is 6.39. The highest BCUT2D eigenvalue weighted by Gasteiger charge is 2.15. The first-order valence-corrected chi connectivity index (χ1v) is 12.4. The molecule has 0 aliphatic carbocycles. The molecule has 1 N–H and O–H groups in total. The van der Waals surface area contributed by atoms with Crippen molar-refractivity contribution in [2.45, 2.75) is 6.61 Å². The molecule has 0 fully saturated rings. The number of hydrogen-bond donors (Lipinski definition) is 1. The van der Waals surface area contributed by atoms with E-state index in [2.05, 4.69) is 11.4 Å². The van der Waals surface area contributed by atoms with Crippen LogP contribution in [-0.4, -0.2) is 10.9 Å². The van der Waals surface area contributed by atoms with Gasteiger partial charge in [-0.3, -0.25) is 4.79 Å². The van der Waals surface area contributed by atoms with Crippen molar-refractivity contribution in [3.8, 4) is 17.2 Å². The number of fused-ring (bicyclic) bond motifs is 3. The lowest BCUT2D eigenvalue weighted by Gasteiger charge is -2.07. The van der Waals surface area contributed by atoms with Gasteiger partial charge in [-0.15, -0.1) is 0 Å². The average Bonchev–Trinajstić information content (AvgIpc) is 3.41. The molecule has 5 nitrogen and oxygen atoms in total. The molecule has 0 unspecified atom stereocenters. The molecular formula is C33H24N2O3. The summed E-state index contributed by atoms with van der Waals surface area (Å²) < 4.78 is 11.9. The number of ether oxygens (including phenoxy) is 1. The first-order valence-electron chi connectivity index (χ1n) is 12.4. The molecule has 0 aliphatic heterocycles. The lowest BCUT2D eigenvalue weighted by molar-refractivity contribution is -0.111. The van der Waals surface area contributed by atoms with Crippen LogP contribution in [0.25, 0.3) is 39.4 Å². The highest BCUT2D eigenvalue weighted by Crippen LogP contribution is 2.33. The van der Waals surface area contributed by atoms with Crippen LogP contribution in [0.4, 0.5) is 5.69 Å². The molecule has 1 aromatic heterocycles. The van der Waals surface area contributed by atoms with Gasteiger partial charge in [-0.1, -0.05) is 84.9 Å². The molecule has 0 bridgehead atoms. The second-order valence-corrected chi connectivity index (χ2v) is 8.86. The predicted molar refractivity (Wildman–Crippen MR) is 152 cm³/mol. The maximum absolute atomic E-state index is 12.8. The normalized spacial score (nSPS) is 11.3. The first-order chi connectivity index (χ1) is 18.7. The standard InChI is InChI=1S/C33H24N2O3/c36-31(21-16-23-14-18-26(19-15-23)37-22-24-8-2-1-3-9-24)34-29-13-7-6-12-28(29)33-35-32-27-11-5-4-10-25(27)17-20-30(32)38-33/h1-21H,22H2,(H,34,36). The average molecular weight is 497 g/mol. The number of carbonyl (C=O) groups excluding carboxylic acids is 1. The van der Waals surface area contributed by atoms with Crippen LogP contribution in [0.1, 0.15) is 11.1 Å². The van der Waals surface area contributed by atoms with Gasteiger partial charge in [0.15, 0.2) is 5.58 Å².